The maximum atomic E-state index is 12.2. The van der Waals surface area contributed by atoms with E-state index in [1.807, 2.05) is 6.08 Å². The number of esters is 2. The number of hydrogen-bond acceptors (Lipinski definition) is 8. The first-order chi connectivity index (χ1) is 25.8. The van der Waals surface area contributed by atoms with Crippen molar-refractivity contribution in [2.24, 2.45) is 0 Å². The van der Waals surface area contributed by atoms with Crippen LogP contribution < -0.4 is 0 Å². The molecule has 0 aliphatic carbocycles. The fourth-order valence-corrected chi connectivity index (χ4v) is 6.06. The predicted octanol–water partition coefficient (Wildman–Crippen LogP) is 10.3. The van der Waals surface area contributed by atoms with Crippen LogP contribution in [0, 0.1) is 0 Å². The molecule has 4 N–H and O–H groups in total. The van der Waals surface area contributed by atoms with E-state index in [0.717, 1.165) is 44.9 Å². The molecule has 4 atom stereocenters. The van der Waals surface area contributed by atoms with Crippen LogP contribution in [0.3, 0.4) is 0 Å². The molecule has 0 unspecified atom stereocenters. The minimum Gasteiger partial charge on any atom is -0.462 e. The summed E-state index contributed by atoms with van der Waals surface area (Å²) in [6, 6.07) is 0. The minimum absolute atomic E-state index is 0.00279. The number of allylic oxidation sites excluding steroid dienone is 6. The van der Waals surface area contributed by atoms with E-state index >= 15 is 0 Å². The third kappa shape index (κ3) is 36.5. The highest BCUT2D eigenvalue weighted by molar-refractivity contribution is 5.70. The number of hydrogen-bond donors (Lipinski definition) is 4. The van der Waals surface area contributed by atoms with Crippen molar-refractivity contribution < 1.29 is 39.5 Å². The molecule has 0 heterocycles. The first-order valence-electron chi connectivity index (χ1n) is 21.5. The zero-order chi connectivity index (χ0) is 39.0. The third-order valence-electron chi connectivity index (χ3n) is 9.49. The molecular formula is C45H80O8. The molecule has 0 aromatic heterocycles. The first kappa shape index (κ1) is 50.7. The Hall–Kier alpha value is -2.26. The fourth-order valence-electron chi connectivity index (χ4n) is 6.06. The molecule has 8 heteroatoms. The molecule has 0 radical (unpaired) electrons. The molecule has 0 rings (SSSR count). The summed E-state index contributed by atoms with van der Waals surface area (Å²) in [5.41, 5.74) is 0. The van der Waals surface area contributed by atoms with Gasteiger partial charge in [0.1, 0.15) is 6.61 Å². The van der Waals surface area contributed by atoms with Gasteiger partial charge in [-0.3, -0.25) is 9.59 Å². The van der Waals surface area contributed by atoms with Crippen LogP contribution in [0.15, 0.2) is 48.6 Å². The second-order valence-corrected chi connectivity index (χ2v) is 14.6. The van der Waals surface area contributed by atoms with Gasteiger partial charge < -0.3 is 29.9 Å². The summed E-state index contributed by atoms with van der Waals surface area (Å²) in [5.74, 6) is -0.916. The molecule has 0 bridgehead atoms. The Morgan fingerprint density at radius 3 is 1.45 bits per heavy atom. The van der Waals surface area contributed by atoms with Gasteiger partial charge in [-0.2, -0.15) is 0 Å². The average Bonchev–Trinajstić information content (AvgIpc) is 3.15. The van der Waals surface area contributed by atoms with Gasteiger partial charge >= 0.3 is 11.9 Å². The largest absolute Gasteiger partial charge is 0.462 e. The van der Waals surface area contributed by atoms with E-state index in [0.29, 0.717) is 6.42 Å². The van der Waals surface area contributed by atoms with E-state index in [-0.39, 0.29) is 31.8 Å². The van der Waals surface area contributed by atoms with Gasteiger partial charge in [-0.15, -0.1) is 0 Å². The molecule has 0 spiro atoms. The molecular weight excluding hydrogens is 668 g/mol. The summed E-state index contributed by atoms with van der Waals surface area (Å²) in [6.45, 7) is 3.76. The summed E-state index contributed by atoms with van der Waals surface area (Å²) < 4.78 is 10.5. The van der Waals surface area contributed by atoms with Crippen molar-refractivity contribution in [2.75, 3.05) is 13.2 Å². The summed E-state index contributed by atoms with van der Waals surface area (Å²) in [4.78, 5) is 24.4. The Morgan fingerprint density at radius 1 is 0.509 bits per heavy atom. The van der Waals surface area contributed by atoms with Crippen molar-refractivity contribution >= 4 is 11.9 Å². The van der Waals surface area contributed by atoms with Gasteiger partial charge in [-0.1, -0.05) is 197 Å². The fraction of sp³-hybridized carbons (Fsp3) is 0.778. The number of ether oxygens (including phenoxy) is 2. The van der Waals surface area contributed by atoms with E-state index in [1.54, 1.807) is 36.5 Å². The van der Waals surface area contributed by atoms with Crippen molar-refractivity contribution in [1.29, 1.82) is 0 Å². The topological polar surface area (TPSA) is 134 Å². The second kappa shape index (κ2) is 39.4. The van der Waals surface area contributed by atoms with Gasteiger partial charge in [-0.25, -0.2) is 0 Å². The number of aliphatic hydroxyl groups is 4. The average molecular weight is 749 g/mol. The summed E-state index contributed by atoms with van der Waals surface area (Å²) in [7, 11) is 0. The Morgan fingerprint density at radius 2 is 0.943 bits per heavy atom. The lowest BCUT2D eigenvalue weighted by atomic mass is 10.0. The molecule has 0 fully saturated rings. The Balaban J connectivity index is 3.82. The molecule has 0 aliphatic heterocycles. The minimum atomic E-state index is -1.09. The van der Waals surface area contributed by atoms with Crippen molar-refractivity contribution in [2.45, 2.75) is 212 Å². The van der Waals surface area contributed by atoms with Gasteiger partial charge in [0.05, 0.1) is 24.9 Å². The van der Waals surface area contributed by atoms with Gasteiger partial charge in [0.25, 0.3) is 0 Å². The number of aliphatic hydroxyl groups excluding tert-OH is 4. The number of rotatable bonds is 38. The van der Waals surface area contributed by atoms with Gasteiger partial charge in [0.15, 0.2) is 6.10 Å². The molecule has 0 aliphatic rings. The quantitative estimate of drug-likeness (QED) is 0.0279. The maximum Gasteiger partial charge on any atom is 0.306 e. The lowest BCUT2D eigenvalue weighted by Gasteiger charge is -2.17. The van der Waals surface area contributed by atoms with Crippen molar-refractivity contribution in [3.8, 4) is 0 Å². The highest BCUT2D eigenvalue weighted by Crippen LogP contribution is 2.15. The van der Waals surface area contributed by atoms with Crippen LogP contribution in [0.2, 0.25) is 0 Å². The van der Waals surface area contributed by atoms with Crippen molar-refractivity contribution in [3.05, 3.63) is 48.6 Å². The van der Waals surface area contributed by atoms with Crippen LogP contribution in [0.4, 0.5) is 0 Å². The second-order valence-electron chi connectivity index (χ2n) is 14.6. The van der Waals surface area contributed by atoms with Crippen LogP contribution in [0.25, 0.3) is 0 Å². The maximum absolute atomic E-state index is 12.2. The molecule has 0 saturated heterocycles. The van der Waals surface area contributed by atoms with Crippen LogP contribution in [-0.2, 0) is 19.1 Å². The standard InChI is InChI=1S/C45H80O8/c1-3-5-7-8-9-10-11-12-13-14-15-16-17-18-19-20-21-26-30-36-44(50)52-39-41(38-46)53-45(51)37-31-35-43(49)42(48)34-29-25-23-22-24-28-33-40(47)32-27-6-4-2/h22-25,28-29,33-34,40-43,46-49H,3-21,26-27,30-32,35-39H2,1-2H3/b24-22-,25-23+,33-28+,34-29+/t40-,41-,42-,43-/m0/s1. The third-order valence-corrected chi connectivity index (χ3v) is 9.49. The van der Waals surface area contributed by atoms with E-state index in [4.69, 9.17) is 9.47 Å². The predicted molar refractivity (Wildman–Crippen MR) is 219 cm³/mol. The molecule has 0 amide bonds. The lowest BCUT2D eigenvalue weighted by Crippen LogP contribution is -2.29. The van der Waals surface area contributed by atoms with E-state index in [2.05, 4.69) is 13.8 Å². The molecule has 0 aromatic rings. The Kier molecular flexibility index (Phi) is 37.8. The normalized spacial score (nSPS) is 14.5. The lowest BCUT2D eigenvalue weighted by molar-refractivity contribution is -0.161. The smallest absolute Gasteiger partial charge is 0.306 e. The van der Waals surface area contributed by atoms with Gasteiger partial charge in [0.2, 0.25) is 0 Å². The zero-order valence-corrected chi connectivity index (χ0v) is 33.9. The number of unbranched alkanes of at least 4 members (excludes halogenated alkanes) is 20. The Bertz CT molecular complexity index is 943. The zero-order valence-electron chi connectivity index (χ0n) is 33.9. The molecule has 0 saturated carbocycles. The van der Waals surface area contributed by atoms with Crippen LogP contribution in [0.5, 0.6) is 0 Å². The van der Waals surface area contributed by atoms with Crippen LogP contribution in [-0.4, -0.2) is 70.0 Å². The first-order valence-corrected chi connectivity index (χ1v) is 21.5. The number of carbonyl (C=O) groups excluding carboxylic acids is 2. The SMILES string of the molecule is CCCCCCCCCCCCCCCCCCCCCC(=O)OC[C@H](CO)OC(=O)CCC[C@H](O)[C@@H](O)/C=C/C=C/C=C\C=C\[C@@H](O)CCCCC. The van der Waals surface area contributed by atoms with E-state index < -0.39 is 37.0 Å². The van der Waals surface area contributed by atoms with E-state index in [1.165, 1.54) is 109 Å². The molecule has 8 nitrogen and oxygen atoms in total. The van der Waals surface area contributed by atoms with E-state index in [9.17, 15) is 30.0 Å². The van der Waals surface area contributed by atoms with Gasteiger partial charge in [-0.05, 0) is 25.7 Å². The molecule has 0 aromatic carbocycles. The van der Waals surface area contributed by atoms with Crippen molar-refractivity contribution in [1.82, 2.24) is 0 Å². The van der Waals surface area contributed by atoms with Crippen LogP contribution >= 0.6 is 0 Å². The van der Waals surface area contributed by atoms with Crippen LogP contribution in [0.1, 0.15) is 187 Å². The highest BCUT2D eigenvalue weighted by Gasteiger charge is 2.18. The highest BCUT2D eigenvalue weighted by atomic mass is 16.6. The monoisotopic (exact) mass is 749 g/mol. The summed E-state index contributed by atoms with van der Waals surface area (Å²) >= 11 is 0. The Labute approximate surface area is 324 Å². The number of carbonyl (C=O) groups is 2. The van der Waals surface area contributed by atoms with Crippen molar-refractivity contribution in [3.63, 3.8) is 0 Å². The summed E-state index contributed by atoms with van der Waals surface area (Å²) in [5, 5.41) is 39.8. The molecule has 308 valence electrons. The van der Waals surface area contributed by atoms with Gasteiger partial charge in [0, 0.05) is 12.8 Å². The summed E-state index contributed by atoms with van der Waals surface area (Å²) in [6.07, 6.45) is 39.7. The molecule has 53 heavy (non-hydrogen) atoms.